The molecule has 0 amide bonds. The van der Waals surface area contributed by atoms with Crippen molar-refractivity contribution in [1.82, 2.24) is 14.8 Å². The molecule has 0 aliphatic rings. The number of thioether (sulfide) groups is 1. The molecule has 1 heterocycles. The maximum atomic E-state index is 13.7. The average Bonchev–Trinajstić information content (AvgIpc) is 3.10. The van der Waals surface area contributed by atoms with Gasteiger partial charge in [-0.2, -0.15) is 0 Å². The van der Waals surface area contributed by atoms with Gasteiger partial charge in [-0.3, -0.25) is 9.36 Å². The van der Waals surface area contributed by atoms with Crippen molar-refractivity contribution in [3.63, 3.8) is 0 Å². The first-order valence-corrected chi connectivity index (χ1v) is 9.85. The molecule has 2 aromatic carbocycles. The van der Waals surface area contributed by atoms with Crippen molar-refractivity contribution in [2.45, 2.75) is 30.5 Å². The first-order chi connectivity index (χ1) is 14.4. The van der Waals surface area contributed by atoms with E-state index in [1.165, 1.54) is 18.2 Å². The molecule has 156 valence electrons. The highest BCUT2D eigenvalue weighted by atomic mass is 32.2. The van der Waals surface area contributed by atoms with Gasteiger partial charge in [0.25, 0.3) is 0 Å². The monoisotopic (exact) mass is 433 g/mol. The zero-order valence-corrected chi connectivity index (χ0v) is 16.8. The summed E-state index contributed by atoms with van der Waals surface area (Å²) in [4.78, 5) is 12.6. The summed E-state index contributed by atoms with van der Waals surface area (Å²) in [6.07, 6.45) is 1.63. The molecule has 0 spiro atoms. The van der Waals surface area contributed by atoms with E-state index in [0.717, 1.165) is 23.9 Å². The lowest BCUT2D eigenvalue weighted by Crippen LogP contribution is -2.15. The number of hydrogen-bond donors (Lipinski definition) is 0. The topological polar surface area (TPSA) is 57.0 Å². The maximum Gasteiger partial charge on any atom is 0.192 e. The van der Waals surface area contributed by atoms with Crippen LogP contribution in [0.2, 0.25) is 0 Å². The minimum absolute atomic E-state index is 0.0339. The Morgan fingerprint density at radius 1 is 1.17 bits per heavy atom. The fourth-order valence-electron chi connectivity index (χ4n) is 2.63. The predicted molar refractivity (Wildman–Crippen MR) is 107 cm³/mol. The number of carbonyl (C=O) groups is 1. The van der Waals surface area contributed by atoms with Crippen molar-refractivity contribution >= 4 is 17.5 Å². The highest BCUT2D eigenvalue weighted by Crippen LogP contribution is 2.26. The first-order valence-electron chi connectivity index (χ1n) is 8.97. The van der Waals surface area contributed by atoms with Gasteiger partial charge in [0.2, 0.25) is 0 Å². The van der Waals surface area contributed by atoms with Crippen LogP contribution in [0.4, 0.5) is 13.2 Å². The molecule has 3 aromatic rings. The number of allylic oxidation sites excluding steroid dienone is 1. The van der Waals surface area contributed by atoms with E-state index in [4.69, 9.17) is 4.74 Å². The van der Waals surface area contributed by atoms with E-state index in [2.05, 4.69) is 16.8 Å². The third-order valence-corrected chi connectivity index (χ3v) is 5.23. The van der Waals surface area contributed by atoms with Crippen LogP contribution in [0.25, 0.3) is 0 Å². The number of nitrogens with zero attached hydrogens (tertiary/aromatic N) is 3. The number of hydrogen-bond acceptors (Lipinski definition) is 5. The Morgan fingerprint density at radius 3 is 2.63 bits per heavy atom. The quantitative estimate of drug-likeness (QED) is 0.275. The van der Waals surface area contributed by atoms with Crippen molar-refractivity contribution < 1.29 is 22.7 Å². The van der Waals surface area contributed by atoms with Crippen molar-refractivity contribution in [1.29, 1.82) is 0 Å². The lowest BCUT2D eigenvalue weighted by Gasteiger charge is -2.12. The van der Waals surface area contributed by atoms with Crippen LogP contribution >= 0.6 is 11.8 Å². The maximum absolute atomic E-state index is 13.7. The lowest BCUT2D eigenvalue weighted by atomic mass is 10.1. The van der Waals surface area contributed by atoms with Gasteiger partial charge in [0, 0.05) is 12.1 Å². The molecule has 0 saturated carbocycles. The van der Waals surface area contributed by atoms with Crippen LogP contribution in [0.5, 0.6) is 5.75 Å². The summed E-state index contributed by atoms with van der Waals surface area (Å²) in [6.45, 7) is 5.65. The second-order valence-corrected chi connectivity index (χ2v) is 7.58. The van der Waals surface area contributed by atoms with Crippen LogP contribution in [0, 0.1) is 17.5 Å². The number of rotatable bonds is 9. The molecule has 1 unspecified atom stereocenters. The summed E-state index contributed by atoms with van der Waals surface area (Å²) < 4.78 is 47.5. The highest BCUT2D eigenvalue weighted by Gasteiger charge is 2.22. The molecular weight excluding hydrogens is 415 g/mol. The van der Waals surface area contributed by atoms with E-state index in [-0.39, 0.29) is 23.7 Å². The van der Waals surface area contributed by atoms with Crippen molar-refractivity contribution in [2.24, 2.45) is 0 Å². The van der Waals surface area contributed by atoms with E-state index in [1.54, 1.807) is 29.7 Å². The SMILES string of the molecule is C=CCn1c(COc2ccccc2F)nnc1SC(C)C(=O)c1ccc(F)c(F)c1. The Labute approximate surface area is 175 Å². The van der Waals surface area contributed by atoms with Gasteiger partial charge in [0.05, 0.1) is 5.25 Å². The normalized spacial score (nSPS) is 11.9. The first kappa shape index (κ1) is 21.6. The molecule has 0 saturated heterocycles. The summed E-state index contributed by atoms with van der Waals surface area (Å²) in [7, 11) is 0. The molecule has 0 N–H and O–H groups in total. The number of ketones is 1. The van der Waals surface area contributed by atoms with Gasteiger partial charge >= 0.3 is 0 Å². The molecule has 1 atom stereocenters. The molecule has 0 fully saturated rings. The van der Waals surface area contributed by atoms with Crippen LogP contribution in [0.3, 0.4) is 0 Å². The lowest BCUT2D eigenvalue weighted by molar-refractivity contribution is 0.0993. The summed E-state index contributed by atoms with van der Waals surface area (Å²) in [5.41, 5.74) is 0.0618. The Morgan fingerprint density at radius 2 is 1.93 bits per heavy atom. The van der Waals surface area contributed by atoms with Crippen molar-refractivity contribution in [2.75, 3.05) is 0 Å². The minimum Gasteiger partial charge on any atom is -0.483 e. The van der Waals surface area contributed by atoms with Crippen LogP contribution in [0.15, 0.2) is 60.3 Å². The Kier molecular flexibility index (Phi) is 6.94. The largest absolute Gasteiger partial charge is 0.483 e. The number of aromatic nitrogens is 3. The Hall–Kier alpha value is -3.07. The summed E-state index contributed by atoms with van der Waals surface area (Å²) in [5.74, 6) is -2.46. The van der Waals surface area contributed by atoms with Gasteiger partial charge in [-0.05, 0) is 37.3 Å². The number of benzene rings is 2. The van der Waals surface area contributed by atoms with E-state index in [9.17, 15) is 18.0 Å². The molecule has 0 bridgehead atoms. The number of para-hydroxylation sites is 1. The zero-order valence-electron chi connectivity index (χ0n) is 16.0. The van der Waals surface area contributed by atoms with E-state index in [1.807, 2.05) is 0 Å². The van der Waals surface area contributed by atoms with E-state index >= 15 is 0 Å². The summed E-state index contributed by atoms with van der Waals surface area (Å²) in [6, 6.07) is 9.02. The average molecular weight is 433 g/mol. The second-order valence-electron chi connectivity index (χ2n) is 6.27. The van der Waals surface area contributed by atoms with Gasteiger partial charge in [-0.15, -0.1) is 16.8 Å². The molecule has 30 heavy (non-hydrogen) atoms. The van der Waals surface area contributed by atoms with Crippen LogP contribution < -0.4 is 4.74 Å². The van der Waals surface area contributed by atoms with Gasteiger partial charge < -0.3 is 4.74 Å². The predicted octanol–water partition coefficient (Wildman–Crippen LogP) is 4.82. The van der Waals surface area contributed by atoms with E-state index in [0.29, 0.717) is 17.5 Å². The van der Waals surface area contributed by atoms with Gasteiger partial charge in [-0.25, -0.2) is 13.2 Å². The summed E-state index contributed by atoms with van der Waals surface area (Å²) >= 11 is 1.11. The smallest absolute Gasteiger partial charge is 0.192 e. The molecular formula is C21H18F3N3O2S. The number of carbonyl (C=O) groups excluding carboxylic acids is 1. The van der Waals surface area contributed by atoms with Crippen molar-refractivity contribution in [3.8, 4) is 5.75 Å². The van der Waals surface area contributed by atoms with Gasteiger partial charge in [0.1, 0.15) is 6.61 Å². The fourth-order valence-corrected chi connectivity index (χ4v) is 3.58. The molecule has 0 aliphatic heterocycles. The molecule has 9 heteroatoms. The highest BCUT2D eigenvalue weighted by molar-refractivity contribution is 8.00. The molecule has 0 aliphatic carbocycles. The van der Waals surface area contributed by atoms with E-state index < -0.39 is 22.7 Å². The third-order valence-electron chi connectivity index (χ3n) is 4.15. The molecule has 3 rings (SSSR count). The van der Waals surface area contributed by atoms with Crippen LogP contribution in [-0.4, -0.2) is 25.8 Å². The summed E-state index contributed by atoms with van der Waals surface area (Å²) in [5, 5.41) is 7.94. The molecule has 1 aromatic heterocycles. The van der Waals surface area contributed by atoms with Crippen LogP contribution in [-0.2, 0) is 13.2 Å². The van der Waals surface area contributed by atoms with Gasteiger partial charge in [-0.1, -0.05) is 30.0 Å². The third kappa shape index (κ3) is 4.91. The standard InChI is InChI=1S/C21H18F3N3O2S/c1-3-10-27-19(12-29-18-7-5-4-6-16(18)23)25-26-21(27)30-13(2)20(28)14-8-9-15(22)17(24)11-14/h3-9,11,13H,1,10,12H2,2H3. The molecule has 0 radical (unpaired) electrons. The number of Topliss-reactive ketones (excluding diaryl/α,β-unsaturated/α-hetero) is 1. The van der Waals surface area contributed by atoms with Crippen molar-refractivity contribution in [3.05, 3.63) is 84.0 Å². The van der Waals surface area contributed by atoms with Crippen LogP contribution in [0.1, 0.15) is 23.1 Å². The Bertz CT molecular complexity index is 1070. The van der Waals surface area contributed by atoms with Gasteiger partial charge in [0.15, 0.2) is 40.0 Å². The second kappa shape index (κ2) is 9.62. The Balaban J connectivity index is 1.75. The molecule has 5 nitrogen and oxygen atoms in total. The number of halogens is 3. The fraction of sp³-hybridized carbons (Fsp3) is 0.190. The minimum atomic E-state index is -1.08. The zero-order chi connectivity index (χ0) is 21.7. The number of ether oxygens (including phenoxy) is 1.